The summed E-state index contributed by atoms with van der Waals surface area (Å²) in [5, 5.41) is 27.9. The number of amides is 1. The molecule has 11 nitrogen and oxygen atoms in total. The first-order chi connectivity index (χ1) is 17.3. The molecular weight excluding hydrogens is 496 g/mol. The molecule has 2 aromatic carbocycles. The van der Waals surface area contributed by atoms with E-state index >= 15 is 0 Å². The van der Waals surface area contributed by atoms with Crippen molar-refractivity contribution in [3.63, 3.8) is 0 Å². The van der Waals surface area contributed by atoms with Crippen LogP contribution >= 0.6 is 0 Å². The van der Waals surface area contributed by atoms with Crippen molar-refractivity contribution in [2.45, 2.75) is 72.6 Å². The highest BCUT2D eigenvalue weighted by Crippen LogP contribution is 2.12. The third kappa shape index (κ3) is 28.2. The standard InChI is InChI=1S/C14H21NO3.C9H13NO.2CO2.CH4O.CH4/c1-10(15-13(17)18-14(2,3)4)9-11-5-7-12(16)8-6-11;1-7(10)6-8-2-4-9(11)5-3-8;2*2-1-3;1-2;/h5-8,10,16H,9H2,1-4H3,(H,15,17);2-5,7,11H,6,10H2,1H3;;;2H,1H3;1H4. The van der Waals surface area contributed by atoms with Crippen molar-refractivity contribution in [1.82, 2.24) is 5.32 Å². The summed E-state index contributed by atoms with van der Waals surface area (Å²) >= 11 is 0. The molecule has 2 atom stereocenters. The fourth-order valence-electron chi connectivity index (χ4n) is 2.55. The van der Waals surface area contributed by atoms with E-state index in [4.69, 9.17) is 39.9 Å². The molecule has 11 heteroatoms. The van der Waals surface area contributed by atoms with E-state index in [0.717, 1.165) is 24.7 Å². The summed E-state index contributed by atoms with van der Waals surface area (Å²) in [5.74, 6) is 0.546. The number of nitrogens with one attached hydrogen (secondary N) is 1. The molecule has 0 heterocycles. The molecule has 214 valence electrons. The lowest BCUT2D eigenvalue weighted by atomic mass is 10.1. The van der Waals surface area contributed by atoms with Gasteiger partial charge in [0, 0.05) is 19.2 Å². The zero-order valence-corrected chi connectivity index (χ0v) is 22.1. The van der Waals surface area contributed by atoms with Gasteiger partial charge in [-0.3, -0.25) is 0 Å². The van der Waals surface area contributed by atoms with Gasteiger partial charge in [-0.05, 0) is 82.9 Å². The van der Waals surface area contributed by atoms with Crippen LogP contribution in [0.5, 0.6) is 11.5 Å². The maximum Gasteiger partial charge on any atom is 0.407 e. The lowest BCUT2D eigenvalue weighted by Gasteiger charge is -2.22. The monoisotopic (exact) mass is 538 g/mol. The highest BCUT2D eigenvalue weighted by Gasteiger charge is 2.17. The number of rotatable bonds is 5. The quantitative estimate of drug-likeness (QED) is 0.377. The van der Waals surface area contributed by atoms with Gasteiger partial charge in [0.25, 0.3) is 0 Å². The highest BCUT2D eigenvalue weighted by atomic mass is 16.6. The second-order valence-corrected chi connectivity index (χ2v) is 8.43. The summed E-state index contributed by atoms with van der Waals surface area (Å²) in [7, 11) is 1.00. The predicted octanol–water partition coefficient (Wildman–Crippen LogP) is 3.21. The van der Waals surface area contributed by atoms with Crippen LogP contribution in [0.25, 0.3) is 0 Å². The normalized spacial score (nSPS) is 10.4. The number of alkyl carbamates (subject to hydrolysis) is 1. The van der Waals surface area contributed by atoms with Gasteiger partial charge >= 0.3 is 18.4 Å². The van der Waals surface area contributed by atoms with Gasteiger partial charge in [-0.15, -0.1) is 0 Å². The lowest BCUT2D eigenvalue weighted by Crippen LogP contribution is -2.38. The molecule has 2 rings (SSSR count). The number of aliphatic hydroxyl groups is 1. The van der Waals surface area contributed by atoms with Crippen molar-refractivity contribution in [3.8, 4) is 11.5 Å². The first-order valence-electron chi connectivity index (χ1n) is 11.0. The number of aliphatic hydroxyl groups excluding tert-OH is 1. The van der Waals surface area contributed by atoms with Crippen LogP contribution < -0.4 is 11.1 Å². The van der Waals surface area contributed by atoms with Crippen LogP contribution in [0.4, 0.5) is 4.79 Å². The molecule has 0 aliphatic heterocycles. The Morgan fingerprint density at radius 3 is 1.45 bits per heavy atom. The van der Waals surface area contributed by atoms with Crippen LogP contribution in [0, 0.1) is 0 Å². The van der Waals surface area contributed by atoms with E-state index in [1.807, 2.05) is 58.9 Å². The average Bonchev–Trinajstić information content (AvgIpc) is 2.78. The van der Waals surface area contributed by atoms with Crippen LogP contribution in [0.3, 0.4) is 0 Å². The van der Waals surface area contributed by atoms with Crippen molar-refractivity contribution in [2.75, 3.05) is 7.11 Å². The molecular formula is C27H42N2O9. The van der Waals surface area contributed by atoms with E-state index in [1.165, 1.54) is 0 Å². The second-order valence-electron chi connectivity index (χ2n) is 8.43. The Balaban J connectivity index is -0.000000246. The Bertz CT molecular complexity index is 899. The van der Waals surface area contributed by atoms with Crippen LogP contribution in [-0.4, -0.2) is 58.5 Å². The molecule has 2 unspecified atom stereocenters. The summed E-state index contributed by atoms with van der Waals surface area (Å²) < 4.78 is 5.18. The van der Waals surface area contributed by atoms with Crippen molar-refractivity contribution < 1.29 is 44.0 Å². The van der Waals surface area contributed by atoms with Gasteiger partial charge in [-0.1, -0.05) is 31.7 Å². The number of ether oxygens (including phenoxy) is 1. The summed E-state index contributed by atoms with van der Waals surface area (Å²) in [6.07, 6.45) is 1.65. The summed E-state index contributed by atoms with van der Waals surface area (Å²) in [5.41, 5.74) is 7.33. The van der Waals surface area contributed by atoms with Crippen LogP contribution in [0.15, 0.2) is 48.5 Å². The van der Waals surface area contributed by atoms with Gasteiger partial charge < -0.3 is 31.1 Å². The summed E-state index contributed by atoms with van der Waals surface area (Å²) in [4.78, 5) is 44.0. The molecule has 0 saturated carbocycles. The topological polar surface area (TPSA) is 193 Å². The minimum atomic E-state index is -0.484. The molecule has 1 amide bonds. The number of phenolic OH excluding ortho intramolecular Hbond substituents is 2. The number of benzene rings is 2. The smallest absolute Gasteiger partial charge is 0.407 e. The van der Waals surface area contributed by atoms with Gasteiger partial charge in [-0.25, -0.2) is 4.79 Å². The predicted molar refractivity (Wildman–Crippen MR) is 141 cm³/mol. The number of hydrogen-bond donors (Lipinski definition) is 5. The second kappa shape index (κ2) is 24.7. The number of hydrogen-bond acceptors (Lipinski definition) is 10. The van der Waals surface area contributed by atoms with E-state index in [1.54, 1.807) is 24.3 Å². The largest absolute Gasteiger partial charge is 0.508 e. The van der Waals surface area contributed by atoms with Crippen LogP contribution in [0.2, 0.25) is 0 Å². The van der Waals surface area contributed by atoms with E-state index < -0.39 is 11.7 Å². The number of carbonyl (C=O) groups excluding carboxylic acids is 5. The molecule has 2 aromatic rings. The molecule has 0 aliphatic rings. The molecule has 0 saturated heterocycles. The molecule has 0 aromatic heterocycles. The van der Waals surface area contributed by atoms with Crippen molar-refractivity contribution in [2.24, 2.45) is 5.73 Å². The molecule has 0 radical (unpaired) electrons. The minimum absolute atomic E-state index is 0. The number of aromatic hydroxyl groups is 2. The van der Waals surface area contributed by atoms with Gasteiger partial charge in [0.05, 0.1) is 0 Å². The average molecular weight is 539 g/mol. The van der Waals surface area contributed by atoms with Gasteiger partial charge in [0.1, 0.15) is 17.1 Å². The maximum absolute atomic E-state index is 11.5. The van der Waals surface area contributed by atoms with Crippen molar-refractivity contribution in [1.29, 1.82) is 0 Å². The molecule has 0 aliphatic carbocycles. The third-order valence-corrected chi connectivity index (χ3v) is 3.74. The summed E-state index contributed by atoms with van der Waals surface area (Å²) in [6, 6.07) is 14.2. The van der Waals surface area contributed by atoms with Crippen molar-refractivity contribution >= 4 is 18.4 Å². The van der Waals surface area contributed by atoms with Gasteiger partial charge in [-0.2, -0.15) is 19.2 Å². The Kier molecular flexibility index (Phi) is 26.7. The number of phenols is 2. The van der Waals surface area contributed by atoms with E-state index in [0.29, 0.717) is 12.2 Å². The zero-order valence-electron chi connectivity index (χ0n) is 22.1. The molecule has 0 spiro atoms. The Morgan fingerprint density at radius 2 is 1.16 bits per heavy atom. The lowest BCUT2D eigenvalue weighted by molar-refractivity contribution is -0.193. The Morgan fingerprint density at radius 1 is 0.842 bits per heavy atom. The number of carbonyl (C=O) groups is 1. The number of nitrogens with two attached hydrogens (primary N) is 1. The highest BCUT2D eigenvalue weighted by molar-refractivity contribution is 5.68. The van der Waals surface area contributed by atoms with Crippen LogP contribution in [-0.2, 0) is 36.8 Å². The molecule has 38 heavy (non-hydrogen) atoms. The molecule has 0 fully saturated rings. The fraction of sp³-hybridized carbons (Fsp3) is 0.444. The van der Waals surface area contributed by atoms with Crippen molar-refractivity contribution in [3.05, 3.63) is 59.7 Å². The zero-order chi connectivity index (χ0) is 29.4. The third-order valence-electron chi connectivity index (χ3n) is 3.74. The first-order valence-corrected chi connectivity index (χ1v) is 11.0. The van der Waals surface area contributed by atoms with E-state index in [-0.39, 0.29) is 37.6 Å². The van der Waals surface area contributed by atoms with E-state index in [2.05, 4.69) is 5.32 Å². The van der Waals surface area contributed by atoms with Crippen LogP contribution in [0.1, 0.15) is 53.2 Å². The Hall–Kier alpha value is -4.01. The Labute approximate surface area is 224 Å². The van der Waals surface area contributed by atoms with E-state index in [9.17, 15) is 9.90 Å². The maximum atomic E-state index is 11.5. The minimum Gasteiger partial charge on any atom is -0.508 e. The molecule has 6 N–H and O–H groups in total. The first kappa shape index (κ1) is 41.1. The van der Waals surface area contributed by atoms with Gasteiger partial charge in [0.15, 0.2) is 0 Å². The van der Waals surface area contributed by atoms with Gasteiger partial charge in [0.2, 0.25) is 0 Å². The SMILES string of the molecule is C.CC(Cc1ccc(O)cc1)NC(=O)OC(C)(C)C.CC(N)Cc1ccc(O)cc1.CO.O=C=O.O=C=O. The molecule has 0 bridgehead atoms. The fourth-order valence-corrected chi connectivity index (χ4v) is 2.55. The summed E-state index contributed by atoms with van der Waals surface area (Å²) in [6.45, 7) is 9.37.